The highest BCUT2D eigenvalue weighted by Crippen LogP contribution is 2.44. The van der Waals surface area contributed by atoms with Gasteiger partial charge in [-0.15, -0.1) is 0 Å². The number of ether oxygens (including phenoxy) is 1. The molecule has 2 aromatic carbocycles. The van der Waals surface area contributed by atoms with Crippen molar-refractivity contribution in [3.05, 3.63) is 59.7 Å². The van der Waals surface area contributed by atoms with Crippen molar-refractivity contribution in [1.29, 1.82) is 0 Å². The molecule has 0 saturated heterocycles. The van der Waals surface area contributed by atoms with E-state index in [1.807, 2.05) is 31.2 Å². The number of aliphatic carboxylic acids is 1. The maximum atomic E-state index is 12.2. The Morgan fingerprint density at radius 3 is 2.24 bits per heavy atom. The van der Waals surface area contributed by atoms with Crippen molar-refractivity contribution in [2.24, 2.45) is 0 Å². The number of rotatable bonds is 12. The average Bonchev–Trinajstić information content (AvgIpc) is 3.12. The number of carbonyl (C=O) groups excluding carboxylic acids is 2. The lowest BCUT2D eigenvalue weighted by Crippen LogP contribution is -2.37. The van der Waals surface area contributed by atoms with Crippen molar-refractivity contribution in [2.75, 3.05) is 13.2 Å². The Balaban J connectivity index is 1.40. The van der Waals surface area contributed by atoms with Crippen LogP contribution in [0.4, 0.5) is 4.79 Å². The second-order valence-electron chi connectivity index (χ2n) is 8.36. The first kappa shape index (κ1) is 24.3. The summed E-state index contributed by atoms with van der Waals surface area (Å²) in [5.41, 5.74) is 4.66. The van der Waals surface area contributed by atoms with Gasteiger partial charge in [0.05, 0.1) is 6.42 Å². The number of carboxylic acid groups (broad SMARTS) is 1. The Labute approximate surface area is 194 Å². The lowest BCUT2D eigenvalue weighted by Gasteiger charge is -2.17. The fourth-order valence-electron chi connectivity index (χ4n) is 4.28. The van der Waals surface area contributed by atoms with Gasteiger partial charge in [-0.2, -0.15) is 0 Å². The second-order valence-corrected chi connectivity index (χ2v) is 8.36. The maximum absolute atomic E-state index is 12.2. The Hall–Kier alpha value is -3.35. The van der Waals surface area contributed by atoms with Crippen LogP contribution in [-0.4, -0.2) is 42.3 Å². The molecule has 0 radical (unpaired) electrons. The number of nitrogens with one attached hydrogen (secondary N) is 2. The van der Waals surface area contributed by atoms with Crippen molar-refractivity contribution >= 4 is 18.0 Å². The van der Waals surface area contributed by atoms with Crippen LogP contribution in [0.2, 0.25) is 0 Å². The van der Waals surface area contributed by atoms with Gasteiger partial charge in [0.15, 0.2) is 0 Å². The van der Waals surface area contributed by atoms with Crippen molar-refractivity contribution in [2.45, 2.75) is 57.4 Å². The summed E-state index contributed by atoms with van der Waals surface area (Å²) < 4.78 is 5.48. The second kappa shape index (κ2) is 12.0. The fourth-order valence-corrected chi connectivity index (χ4v) is 4.28. The molecule has 7 nitrogen and oxygen atoms in total. The lowest BCUT2D eigenvalue weighted by molar-refractivity contribution is -0.137. The number of unbranched alkanes of at least 4 members (excludes halogenated alkanes) is 1. The molecule has 1 aliphatic rings. The van der Waals surface area contributed by atoms with Crippen molar-refractivity contribution in [3.8, 4) is 11.1 Å². The van der Waals surface area contributed by atoms with E-state index in [4.69, 9.17) is 9.84 Å². The van der Waals surface area contributed by atoms with Crippen LogP contribution in [0.25, 0.3) is 11.1 Å². The minimum atomic E-state index is -0.923. The highest BCUT2D eigenvalue weighted by Gasteiger charge is 2.28. The van der Waals surface area contributed by atoms with Crippen LogP contribution in [0, 0.1) is 0 Å². The third-order valence-corrected chi connectivity index (χ3v) is 5.89. The molecule has 33 heavy (non-hydrogen) atoms. The summed E-state index contributed by atoms with van der Waals surface area (Å²) in [6.07, 6.45) is 2.52. The Kier molecular flexibility index (Phi) is 8.87. The van der Waals surface area contributed by atoms with Crippen LogP contribution >= 0.6 is 0 Å². The van der Waals surface area contributed by atoms with E-state index < -0.39 is 12.1 Å². The fraction of sp³-hybridized carbons (Fsp3) is 0.423. The Morgan fingerprint density at radius 1 is 1.00 bits per heavy atom. The predicted molar refractivity (Wildman–Crippen MR) is 126 cm³/mol. The number of benzene rings is 2. The van der Waals surface area contributed by atoms with Gasteiger partial charge in [-0.25, -0.2) is 4.79 Å². The summed E-state index contributed by atoms with van der Waals surface area (Å²) in [5, 5.41) is 14.5. The Morgan fingerprint density at radius 2 is 1.64 bits per heavy atom. The van der Waals surface area contributed by atoms with Gasteiger partial charge in [0.1, 0.15) is 6.61 Å². The highest BCUT2D eigenvalue weighted by atomic mass is 16.5. The monoisotopic (exact) mass is 452 g/mol. The van der Waals surface area contributed by atoms with E-state index in [0.717, 1.165) is 24.0 Å². The molecule has 0 bridgehead atoms. The van der Waals surface area contributed by atoms with Crippen molar-refractivity contribution in [3.63, 3.8) is 0 Å². The van der Waals surface area contributed by atoms with Crippen LogP contribution in [0.3, 0.4) is 0 Å². The van der Waals surface area contributed by atoms with Gasteiger partial charge in [-0.05, 0) is 35.1 Å². The summed E-state index contributed by atoms with van der Waals surface area (Å²) in [6.45, 7) is 2.58. The van der Waals surface area contributed by atoms with Crippen LogP contribution in [0.1, 0.15) is 62.5 Å². The number of carboxylic acids is 1. The van der Waals surface area contributed by atoms with Gasteiger partial charge in [-0.1, -0.05) is 68.3 Å². The molecule has 0 heterocycles. The molecule has 3 rings (SSSR count). The molecule has 2 aromatic rings. The molecule has 1 atom stereocenters. The van der Waals surface area contributed by atoms with E-state index >= 15 is 0 Å². The largest absolute Gasteiger partial charge is 0.481 e. The minimum Gasteiger partial charge on any atom is -0.481 e. The maximum Gasteiger partial charge on any atom is 0.407 e. The van der Waals surface area contributed by atoms with Crippen molar-refractivity contribution in [1.82, 2.24) is 10.6 Å². The van der Waals surface area contributed by atoms with E-state index in [1.165, 1.54) is 11.1 Å². The first-order valence-corrected chi connectivity index (χ1v) is 11.6. The van der Waals surface area contributed by atoms with Crippen LogP contribution < -0.4 is 10.6 Å². The predicted octanol–water partition coefficient (Wildman–Crippen LogP) is 4.46. The quantitative estimate of drug-likeness (QED) is 0.413. The normalized spacial score (nSPS) is 13.0. The summed E-state index contributed by atoms with van der Waals surface area (Å²) in [7, 11) is 0. The molecular formula is C26H32N2O5. The SMILES string of the molecule is CCCC[C@@H](CC(=O)O)NC(=O)CCCNC(=O)OCC1c2ccccc2-c2ccccc21. The zero-order chi connectivity index (χ0) is 23.6. The summed E-state index contributed by atoms with van der Waals surface area (Å²) >= 11 is 0. The summed E-state index contributed by atoms with van der Waals surface area (Å²) in [4.78, 5) is 35.3. The molecule has 0 aromatic heterocycles. The molecule has 7 heteroatoms. The van der Waals surface area contributed by atoms with Gasteiger partial charge in [-0.3, -0.25) is 9.59 Å². The van der Waals surface area contributed by atoms with Gasteiger partial charge in [0, 0.05) is 24.9 Å². The third kappa shape index (κ3) is 6.81. The topological polar surface area (TPSA) is 105 Å². The van der Waals surface area contributed by atoms with Gasteiger partial charge in [0.25, 0.3) is 0 Å². The average molecular weight is 453 g/mol. The molecule has 0 fully saturated rings. The van der Waals surface area contributed by atoms with E-state index in [1.54, 1.807) is 0 Å². The molecular weight excluding hydrogens is 420 g/mol. The van der Waals surface area contributed by atoms with Gasteiger partial charge < -0.3 is 20.5 Å². The number of amides is 2. The standard InChI is InChI=1S/C26H32N2O5/c1-2-3-9-18(16-25(30)31)28-24(29)14-8-15-27-26(32)33-17-23-21-12-6-4-10-19(21)20-11-5-7-13-22(20)23/h4-7,10-13,18,23H,2-3,8-9,14-17H2,1H3,(H,27,32)(H,28,29)(H,30,31)/t18-/m0/s1. The Bertz CT molecular complexity index is 929. The number of hydrogen-bond acceptors (Lipinski definition) is 4. The first-order valence-electron chi connectivity index (χ1n) is 11.6. The zero-order valence-electron chi connectivity index (χ0n) is 19.0. The number of fused-ring (bicyclic) bond motifs is 3. The number of carbonyl (C=O) groups is 3. The summed E-state index contributed by atoms with van der Waals surface area (Å²) in [6, 6.07) is 16.0. The summed E-state index contributed by atoms with van der Waals surface area (Å²) in [5.74, 6) is -1.12. The molecule has 1 aliphatic carbocycles. The molecule has 176 valence electrons. The van der Waals surface area contributed by atoms with E-state index in [0.29, 0.717) is 19.4 Å². The van der Waals surface area contributed by atoms with Gasteiger partial charge >= 0.3 is 12.1 Å². The minimum absolute atomic E-state index is 0.00298. The molecule has 0 saturated carbocycles. The van der Waals surface area contributed by atoms with E-state index in [2.05, 4.69) is 34.9 Å². The van der Waals surface area contributed by atoms with E-state index in [-0.39, 0.29) is 37.3 Å². The molecule has 3 N–H and O–H groups in total. The smallest absolute Gasteiger partial charge is 0.407 e. The highest BCUT2D eigenvalue weighted by molar-refractivity contribution is 5.79. The lowest BCUT2D eigenvalue weighted by atomic mass is 9.98. The number of alkyl carbamates (subject to hydrolysis) is 1. The first-order chi connectivity index (χ1) is 16.0. The van der Waals surface area contributed by atoms with Crippen LogP contribution in [-0.2, 0) is 14.3 Å². The van der Waals surface area contributed by atoms with Crippen LogP contribution in [0.15, 0.2) is 48.5 Å². The molecule has 0 aliphatic heterocycles. The third-order valence-electron chi connectivity index (χ3n) is 5.89. The molecule has 2 amide bonds. The molecule has 0 unspecified atom stereocenters. The van der Waals surface area contributed by atoms with E-state index in [9.17, 15) is 14.4 Å². The molecule has 0 spiro atoms. The zero-order valence-corrected chi connectivity index (χ0v) is 19.0. The van der Waals surface area contributed by atoms with Crippen molar-refractivity contribution < 1.29 is 24.2 Å². The van der Waals surface area contributed by atoms with Crippen LogP contribution in [0.5, 0.6) is 0 Å². The van der Waals surface area contributed by atoms with Gasteiger partial charge in [0.2, 0.25) is 5.91 Å². The number of hydrogen-bond donors (Lipinski definition) is 3.